The predicted molar refractivity (Wildman–Crippen MR) is 89.5 cm³/mol. The van der Waals surface area contributed by atoms with E-state index in [1.807, 2.05) is 20.8 Å². The van der Waals surface area contributed by atoms with Gasteiger partial charge in [-0.1, -0.05) is 44.3 Å². The van der Waals surface area contributed by atoms with Gasteiger partial charge in [-0.05, 0) is 19.3 Å². The second kappa shape index (κ2) is 13.2. The monoisotopic (exact) mass is 334 g/mol. The number of carbonyl (C=O) groups is 3. The van der Waals surface area contributed by atoms with Crippen LogP contribution in [0.15, 0.2) is 0 Å². The third kappa shape index (κ3) is 11.8. The fourth-order valence-electron chi connectivity index (χ4n) is 1.49. The highest BCUT2D eigenvalue weighted by Crippen LogP contribution is 2.21. The SMILES string of the molecule is CCCC(=O)OC[C@H](CSC(=O)CCC)SC(=O)CCC. The van der Waals surface area contributed by atoms with Gasteiger partial charge in [0.2, 0.25) is 0 Å². The molecule has 1 atom stereocenters. The molecule has 0 aromatic carbocycles. The second-order valence-electron chi connectivity index (χ2n) is 4.73. The second-order valence-corrected chi connectivity index (χ2v) is 7.16. The Bertz CT molecular complexity index is 310. The lowest BCUT2D eigenvalue weighted by atomic mass is 10.3. The summed E-state index contributed by atoms with van der Waals surface area (Å²) in [6.07, 6.45) is 3.82. The van der Waals surface area contributed by atoms with Crippen LogP contribution in [0.25, 0.3) is 0 Å². The van der Waals surface area contributed by atoms with Crippen molar-refractivity contribution in [3.05, 3.63) is 0 Å². The van der Waals surface area contributed by atoms with E-state index in [0.717, 1.165) is 19.3 Å². The van der Waals surface area contributed by atoms with Crippen molar-refractivity contribution in [1.29, 1.82) is 0 Å². The van der Waals surface area contributed by atoms with Gasteiger partial charge < -0.3 is 4.74 Å². The molecule has 0 spiro atoms. The van der Waals surface area contributed by atoms with Crippen molar-refractivity contribution in [2.45, 2.75) is 64.5 Å². The molecule has 0 unspecified atom stereocenters. The van der Waals surface area contributed by atoms with Gasteiger partial charge in [0.1, 0.15) is 6.61 Å². The molecule has 0 amide bonds. The van der Waals surface area contributed by atoms with Crippen LogP contribution >= 0.6 is 23.5 Å². The first-order valence-corrected chi connectivity index (χ1v) is 9.40. The predicted octanol–water partition coefficient (Wildman–Crippen LogP) is 3.82. The molecule has 0 radical (unpaired) electrons. The van der Waals surface area contributed by atoms with Gasteiger partial charge in [-0.25, -0.2) is 0 Å². The van der Waals surface area contributed by atoms with Gasteiger partial charge in [0, 0.05) is 25.0 Å². The average Bonchev–Trinajstić information content (AvgIpc) is 2.42. The van der Waals surface area contributed by atoms with Gasteiger partial charge in [-0.2, -0.15) is 0 Å². The summed E-state index contributed by atoms with van der Waals surface area (Å²) in [6, 6.07) is 0. The highest BCUT2D eigenvalue weighted by atomic mass is 32.2. The van der Waals surface area contributed by atoms with Crippen LogP contribution in [0.4, 0.5) is 0 Å². The maximum atomic E-state index is 11.7. The summed E-state index contributed by atoms with van der Waals surface area (Å²) < 4.78 is 5.18. The molecule has 6 heteroatoms. The van der Waals surface area contributed by atoms with E-state index in [0.29, 0.717) is 25.0 Å². The fraction of sp³-hybridized carbons (Fsp3) is 0.800. The first-order chi connectivity index (χ1) is 10.0. The zero-order valence-electron chi connectivity index (χ0n) is 13.2. The summed E-state index contributed by atoms with van der Waals surface area (Å²) in [6.45, 7) is 6.03. The number of ether oxygens (including phenoxy) is 1. The molecule has 0 aromatic heterocycles. The number of hydrogen-bond acceptors (Lipinski definition) is 6. The van der Waals surface area contributed by atoms with Crippen LogP contribution in [0.1, 0.15) is 59.3 Å². The summed E-state index contributed by atoms with van der Waals surface area (Å²) in [5, 5.41) is 0.0826. The van der Waals surface area contributed by atoms with Crippen molar-refractivity contribution in [1.82, 2.24) is 0 Å². The Morgan fingerprint density at radius 1 is 0.905 bits per heavy atom. The molecule has 0 heterocycles. The van der Waals surface area contributed by atoms with Gasteiger partial charge in [-0.3, -0.25) is 14.4 Å². The van der Waals surface area contributed by atoms with Gasteiger partial charge in [0.25, 0.3) is 0 Å². The van der Waals surface area contributed by atoms with Crippen LogP contribution in [-0.4, -0.2) is 33.8 Å². The molecule has 0 fully saturated rings. The fourth-order valence-corrected chi connectivity index (χ4v) is 3.61. The minimum Gasteiger partial charge on any atom is -0.464 e. The van der Waals surface area contributed by atoms with Crippen molar-refractivity contribution < 1.29 is 19.1 Å². The van der Waals surface area contributed by atoms with Gasteiger partial charge in [0.05, 0.1) is 5.25 Å². The number of hydrogen-bond donors (Lipinski definition) is 0. The Kier molecular flexibility index (Phi) is 12.9. The lowest BCUT2D eigenvalue weighted by molar-refractivity contribution is -0.143. The van der Waals surface area contributed by atoms with Crippen LogP contribution in [0.3, 0.4) is 0 Å². The summed E-state index contributed by atoms with van der Waals surface area (Å²) >= 11 is 2.43. The number of rotatable bonds is 11. The van der Waals surface area contributed by atoms with E-state index in [1.165, 1.54) is 23.5 Å². The topological polar surface area (TPSA) is 60.4 Å². The van der Waals surface area contributed by atoms with E-state index < -0.39 is 0 Å². The molecule has 0 aliphatic heterocycles. The number of thioether (sulfide) groups is 2. The third-order valence-corrected chi connectivity index (χ3v) is 4.93. The zero-order valence-corrected chi connectivity index (χ0v) is 14.8. The quantitative estimate of drug-likeness (QED) is 0.535. The standard InChI is InChI=1S/C15H26O4S2/c1-4-7-13(16)19-10-12(21-15(18)9-6-3)11-20-14(17)8-5-2/h12H,4-11H2,1-3H3/t12-/m1/s1. The smallest absolute Gasteiger partial charge is 0.305 e. The van der Waals surface area contributed by atoms with Crippen molar-refractivity contribution in [2.75, 3.05) is 12.4 Å². The van der Waals surface area contributed by atoms with Crippen LogP contribution in [-0.2, 0) is 19.1 Å². The van der Waals surface area contributed by atoms with Crippen LogP contribution in [0.5, 0.6) is 0 Å². The lowest BCUT2D eigenvalue weighted by Gasteiger charge is -2.15. The molecule has 0 aliphatic carbocycles. The van der Waals surface area contributed by atoms with Crippen LogP contribution in [0.2, 0.25) is 0 Å². The molecule has 21 heavy (non-hydrogen) atoms. The Labute approximate surface area is 136 Å². The number of carbonyl (C=O) groups excluding carboxylic acids is 3. The maximum Gasteiger partial charge on any atom is 0.305 e. The van der Waals surface area contributed by atoms with Gasteiger partial charge in [0.15, 0.2) is 10.2 Å². The van der Waals surface area contributed by atoms with E-state index in [1.54, 1.807) is 0 Å². The minimum atomic E-state index is -0.240. The van der Waals surface area contributed by atoms with E-state index in [9.17, 15) is 14.4 Å². The molecule has 0 N–H and O–H groups in total. The first kappa shape index (κ1) is 20.5. The summed E-state index contributed by atoms with van der Waals surface area (Å²) in [5.41, 5.74) is 0. The first-order valence-electron chi connectivity index (χ1n) is 7.54. The molecule has 0 saturated carbocycles. The molecular formula is C15H26O4S2. The zero-order chi connectivity index (χ0) is 16.1. The highest BCUT2D eigenvalue weighted by Gasteiger charge is 2.18. The maximum absolute atomic E-state index is 11.7. The Hall–Kier alpha value is -0.490. The van der Waals surface area contributed by atoms with E-state index in [-0.39, 0.29) is 28.1 Å². The summed E-state index contributed by atoms with van der Waals surface area (Å²) in [7, 11) is 0. The molecule has 0 aliphatic rings. The van der Waals surface area contributed by atoms with Crippen molar-refractivity contribution in [3.63, 3.8) is 0 Å². The van der Waals surface area contributed by atoms with E-state index >= 15 is 0 Å². The normalized spacial score (nSPS) is 12.0. The van der Waals surface area contributed by atoms with Crippen molar-refractivity contribution >= 4 is 39.7 Å². The molecule has 122 valence electrons. The molecule has 0 bridgehead atoms. The minimum absolute atomic E-state index is 0.0950. The number of esters is 1. The largest absolute Gasteiger partial charge is 0.464 e. The molecule has 0 saturated heterocycles. The van der Waals surface area contributed by atoms with E-state index in [2.05, 4.69) is 0 Å². The highest BCUT2D eigenvalue weighted by molar-refractivity contribution is 8.17. The Morgan fingerprint density at radius 3 is 2.05 bits per heavy atom. The Balaban J connectivity index is 4.29. The van der Waals surface area contributed by atoms with Crippen LogP contribution in [0, 0.1) is 0 Å². The van der Waals surface area contributed by atoms with Gasteiger partial charge in [-0.15, -0.1) is 0 Å². The summed E-state index contributed by atoms with van der Waals surface area (Å²) in [4.78, 5) is 34.7. The third-order valence-electron chi connectivity index (χ3n) is 2.52. The molecule has 0 aromatic rings. The molecule has 4 nitrogen and oxygen atoms in total. The lowest BCUT2D eigenvalue weighted by Crippen LogP contribution is -2.21. The average molecular weight is 335 g/mol. The Morgan fingerprint density at radius 2 is 1.48 bits per heavy atom. The van der Waals surface area contributed by atoms with Crippen LogP contribution < -0.4 is 0 Å². The van der Waals surface area contributed by atoms with E-state index in [4.69, 9.17) is 4.74 Å². The summed E-state index contributed by atoms with van der Waals surface area (Å²) in [5.74, 6) is 0.272. The van der Waals surface area contributed by atoms with Crippen molar-refractivity contribution in [2.24, 2.45) is 0 Å². The van der Waals surface area contributed by atoms with Gasteiger partial charge >= 0.3 is 5.97 Å². The molecular weight excluding hydrogens is 308 g/mol. The molecule has 0 rings (SSSR count). The van der Waals surface area contributed by atoms with Crippen molar-refractivity contribution in [3.8, 4) is 0 Å².